The van der Waals surface area contributed by atoms with Crippen LogP contribution in [-0.4, -0.2) is 82.2 Å². The van der Waals surface area contributed by atoms with E-state index in [0.29, 0.717) is 24.2 Å². The van der Waals surface area contributed by atoms with Gasteiger partial charge in [0.1, 0.15) is 11.6 Å². The minimum absolute atomic E-state index is 0.00654. The van der Waals surface area contributed by atoms with E-state index in [9.17, 15) is 14.4 Å². The summed E-state index contributed by atoms with van der Waals surface area (Å²) >= 11 is 0. The van der Waals surface area contributed by atoms with Crippen molar-refractivity contribution < 1.29 is 23.9 Å². The number of hydrogen-bond acceptors (Lipinski definition) is 8. The fourth-order valence-corrected chi connectivity index (χ4v) is 13.0. The number of carbonyl (C=O) groups excluding carboxylic acids is 3. The third-order valence-corrected chi connectivity index (χ3v) is 16.8. The first-order valence-electron chi connectivity index (χ1n) is 26.7. The second kappa shape index (κ2) is 21.5. The van der Waals surface area contributed by atoms with Crippen molar-refractivity contribution in [2.24, 2.45) is 29.6 Å². The van der Waals surface area contributed by atoms with Crippen LogP contribution < -0.4 is 10.6 Å². The number of nitrogens with zero attached hydrogens (tertiary/aromatic N) is 3. The van der Waals surface area contributed by atoms with Crippen LogP contribution in [0.2, 0.25) is 0 Å². The number of alkyl carbamates (subject to hydrolysis) is 2. The highest BCUT2D eigenvalue weighted by Crippen LogP contribution is 2.55. The maximum atomic E-state index is 13.4. The standard InChI is InChI=1S/C59H77N7O5/c1-35(2)50(64-57(68)70-7)34-66-33-38(6)29-51(66)56-61-32-49(63-56)43-17-13-40(14-18-43)45-21-22-46(53-47(45)23-26-59(53)24-9-10-25-59)41-15-19-42(20-16-41)48-31-60-55(62-48)44-12-11-39(27-37(5)28-44)30-52(67)54(36(3)4)65-58(69)71-8/h13-22,31-32,35-39,44,50-51,54H,9-12,23-30,33-34H2,1-8H3,(H,60,62)(H,61,63)(H,64,68)(H,65,69). The topological polar surface area (TPSA) is 154 Å². The lowest BCUT2D eigenvalue weighted by molar-refractivity contribution is -0.123. The molecule has 1 spiro atoms. The Balaban J connectivity index is 0.894. The van der Waals surface area contributed by atoms with Crippen LogP contribution in [0.25, 0.3) is 44.8 Å². The molecule has 71 heavy (non-hydrogen) atoms. The largest absolute Gasteiger partial charge is 0.453 e. The first kappa shape index (κ1) is 50.2. The first-order valence-corrected chi connectivity index (χ1v) is 26.7. The summed E-state index contributed by atoms with van der Waals surface area (Å²) in [6.45, 7) is 14.5. The van der Waals surface area contributed by atoms with Gasteiger partial charge in [0.15, 0.2) is 5.78 Å². The Kier molecular flexibility index (Phi) is 15.2. The predicted molar refractivity (Wildman–Crippen MR) is 281 cm³/mol. The minimum Gasteiger partial charge on any atom is -0.453 e. The molecular weight excluding hydrogens is 887 g/mol. The summed E-state index contributed by atoms with van der Waals surface area (Å²) in [5, 5.41) is 5.81. The van der Waals surface area contributed by atoms with Crippen molar-refractivity contribution in [3.05, 3.63) is 95.8 Å². The number of imidazole rings is 2. The highest BCUT2D eigenvalue weighted by Gasteiger charge is 2.44. The van der Waals surface area contributed by atoms with Gasteiger partial charge in [0, 0.05) is 31.5 Å². The Morgan fingerprint density at radius 3 is 1.93 bits per heavy atom. The summed E-state index contributed by atoms with van der Waals surface area (Å²) in [6, 6.07) is 22.5. The molecular formula is C59H77N7O5. The highest BCUT2D eigenvalue weighted by atomic mass is 16.5. The lowest BCUT2D eigenvalue weighted by atomic mass is 9.76. The van der Waals surface area contributed by atoms with Crippen LogP contribution in [-0.2, 0) is 26.1 Å². The van der Waals surface area contributed by atoms with Gasteiger partial charge in [-0.3, -0.25) is 9.69 Å². The zero-order valence-corrected chi connectivity index (χ0v) is 43.4. The monoisotopic (exact) mass is 964 g/mol. The molecule has 3 aliphatic carbocycles. The average Bonchev–Trinajstić information content (AvgIpc) is 4.23. The van der Waals surface area contributed by atoms with Crippen molar-refractivity contribution in [1.29, 1.82) is 0 Å². The zero-order chi connectivity index (χ0) is 50.0. The molecule has 2 amide bonds. The molecule has 1 saturated heterocycles. The molecule has 7 unspecified atom stereocenters. The van der Waals surface area contributed by atoms with E-state index in [0.717, 1.165) is 85.8 Å². The number of aromatic amines is 2. The number of rotatable bonds is 15. The van der Waals surface area contributed by atoms with Crippen molar-refractivity contribution in [3.63, 3.8) is 0 Å². The molecule has 3 fully saturated rings. The quantitative estimate of drug-likeness (QED) is 0.0756. The van der Waals surface area contributed by atoms with Crippen molar-refractivity contribution in [2.45, 2.75) is 148 Å². The number of methoxy groups -OCH3 is 2. The smallest absolute Gasteiger partial charge is 0.407 e. The van der Waals surface area contributed by atoms with E-state index in [1.165, 1.54) is 74.1 Å². The molecule has 3 heterocycles. The number of H-pyrrole nitrogens is 2. The fraction of sp³-hybridized carbons (Fsp3) is 0.542. The van der Waals surface area contributed by atoms with Gasteiger partial charge < -0.3 is 30.1 Å². The molecule has 1 aliphatic heterocycles. The molecule has 4 aliphatic rings. The number of Topliss-reactive ketones (excluding diaryl/α,β-unsaturated/α-hetero) is 1. The molecule has 0 radical (unpaired) electrons. The minimum atomic E-state index is -0.558. The number of fused-ring (bicyclic) bond motifs is 2. The third kappa shape index (κ3) is 10.9. The molecule has 2 aromatic heterocycles. The van der Waals surface area contributed by atoms with Gasteiger partial charge >= 0.3 is 12.2 Å². The Morgan fingerprint density at radius 2 is 1.30 bits per heavy atom. The summed E-state index contributed by atoms with van der Waals surface area (Å²) in [4.78, 5) is 57.3. The molecule has 12 nitrogen and oxygen atoms in total. The van der Waals surface area contributed by atoms with E-state index in [1.807, 2.05) is 26.2 Å². The number of ether oxygens (including phenoxy) is 2. The van der Waals surface area contributed by atoms with Crippen LogP contribution in [0.5, 0.6) is 0 Å². The van der Waals surface area contributed by atoms with Gasteiger partial charge in [-0.2, -0.15) is 0 Å². The highest BCUT2D eigenvalue weighted by molar-refractivity contribution is 5.88. The van der Waals surface area contributed by atoms with E-state index in [-0.39, 0.29) is 47.1 Å². The molecule has 7 atom stereocenters. The number of likely N-dealkylation sites (tertiary alicyclic amines) is 1. The van der Waals surface area contributed by atoms with Gasteiger partial charge in [-0.05, 0) is 137 Å². The van der Waals surface area contributed by atoms with Gasteiger partial charge in [0.05, 0.1) is 50.1 Å². The molecule has 2 saturated carbocycles. The van der Waals surface area contributed by atoms with Crippen molar-refractivity contribution in [2.75, 3.05) is 27.3 Å². The fourth-order valence-electron chi connectivity index (χ4n) is 13.0. The molecule has 12 heteroatoms. The van der Waals surface area contributed by atoms with Crippen LogP contribution in [0.15, 0.2) is 73.1 Å². The van der Waals surface area contributed by atoms with Crippen molar-refractivity contribution >= 4 is 18.0 Å². The molecule has 4 N–H and O–H groups in total. The van der Waals surface area contributed by atoms with Crippen LogP contribution in [0.4, 0.5) is 9.59 Å². The van der Waals surface area contributed by atoms with Gasteiger partial charge in [-0.1, -0.05) is 115 Å². The molecule has 9 rings (SSSR count). The maximum absolute atomic E-state index is 13.4. The first-order chi connectivity index (χ1) is 34.2. The second-order valence-corrected chi connectivity index (χ2v) is 22.6. The summed E-state index contributed by atoms with van der Waals surface area (Å²) in [5.74, 6) is 3.92. The third-order valence-electron chi connectivity index (χ3n) is 16.8. The molecule has 5 aromatic rings. The normalized spacial score (nSPS) is 22.9. The Morgan fingerprint density at radius 1 is 0.704 bits per heavy atom. The average molecular weight is 964 g/mol. The van der Waals surface area contributed by atoms with E-state index >= 15 is 0 Å². The van der Waals surface area contributed by atoms with Crippen LogP contribution in [0.3, 0.4) is 0 Å². The van der Waals surface area contributed by atoms with E-state index < -0.39 is 12.1 Å². The summed E-state index contributed by atoms with van der Waals surface area (Å²) < 4.78 is 9.74. The summed E-state index contributed by atoms with van der Waals surface area (Å²) in [6.07, 6.45) is 15.9. The van der Waals surface area contributed by atoms with E-state index in [1.54, 1.807) is 5.56 Å². The number of amides is 2. The van der Waals surface area contributed by atoms with Gasteiger partial charge in [-0.25, -0.2) is 19.6 Å². The Labute approximate surface area is 421 Å². The molecule has 0 bridgehead atoms. The molecule has 3 aromatic carbocycles. The number of aromatic nitrogens is 4. The summed E-state index contributed by atoms with van der Waals surface area (Å²) in [7, 11) is 2.75. The van der Waals surface area contributed by atoms with Crippen LogP contribution in [0.1, 0.15) is 147 Å². The van der Waals surface area contributed by atoms with Crippen LogP contribution >= 0.6 is 0 Å². The Bertz CT molecular complexity index is 2640. The van der Waals surface area contributed by atoms with Crippen LogP contribution in [0, 0.1) is 29.6 Å². The molecule has 378 valence electrons. The van der Waals surface area contributed by atoms with Gasteiger partial charge in [0.25, 0.3) is 0 Å². The van der Waals surface area contributed by atoms with Gasteiger partial charge in [-0.15, -0.1) is 0 Å². The summed E-state index contributed by atoms with van der Waals surface area (Å²) in [5.41, 5.74) is 12.9. The maximum Gasteiger partial charge on any atom is 0.407 e. The number of benzene rings is 3. The predicted octanol–water partition coefficient (Wildman–Crippen LogP) is 12.6. The Hall–Kier alpha value is -5.75. The zero-order valence-electron chi connectivity index (χ0n) is 43.4. The number of carbonyl (C=O) groups is 3. The van der Waals surface area contributed by atoms with Crippen molar-refractivity contribution in [3.8, 4) is 44.8 Å². The van der Waals surface area contributed by atoms with E-state index in [2.05, 4.69) is 114 Å². The van der Waals surface area contributed by atoms with Gasteiger partial charge in [0.2, 0.25) is 0 Å². The number of nitrogens with one attached hydrogen (secondary N) is 4. The van der Waals surface area contributed by atoms with E-state index in [4.69, 9.17) is 19.4 Å². The number of ketones is 1. The number of hydrogen-bond donors (Lipinski definition) is 4. The SMILES string of the molecule is COC(=O)NC(CN1CC(C)CC1c1ncc(-c2ccc(-c3ccc(-c4ccc(-c5cnc(C6CCC(CC(=O)C(NC(=O)OC)C(C)C)CC(C)C6)[nH]5)cc4)c4c3CCC43CCCC3)cc2)[nH]1)C(C)C. The lowest BCUT2D eigenvalue weighted by Crippen LogP contribution is -2.46. The second-order valence-electron chi connectivity index (χ2n) is 22.6. The lowest BCUT2D eigenvalue weighted by Gasteiger charge is -2.30. The van der Waals surface area contributed by atoms with Crippen molar-refractivity contribution in [1.82, 2.24) is 35.5 Å².